The van der Waals surface area contributed by atoms with E-state index in [-0.39, 0.29) is 0 Å². The van der Waals surface area contributed by atoms with Crippen LogP contribution in [-0.2, 0) is 0 Å². The molecule has 1 heteroatoms. The van der Waals surface area contributed by atoms with E-state index in [0.29, 0.717) is 0 Å². The SMILES string of the molecule is CC(=Nc1ccccc1C)c1ccccc1-c1cc(-c2c3ccccc3c(-c3cccc4ccccc34)c3ccccc23)ccc1C. The van der Waals surface area contributed by atoms with Crippen molar-refractivity contribution < 1.29 is 0 Å². The molecule has 47 heavy (non-hydrogen) atoms. The maximum absolute atomic E-state index is 5.08. The molecule has 0 fully saturated rings. The minimum absolute atomic E-state index is 1.01. The van der Waals surface area contributed by atoms with E-state index < -0.39 is 0 Å². The molecule has 8 rings (SSSR count). The number of aliphatic imine (C=N–C) groups is 1. The van der Waals surface area contributed by atoms with Gasteiger partial charge >= 0.3 is 0 Å². The normalized spacial score (nSPS) is 11.9. The molecule has 0 saturated carbocycles. The number of fused-ring (bicyclic) bond motifs is 3. The number of para-hydroxylation sites is 1. The Kier molecular flexibility index (Phi) is 7.23. The maximum atomic E-state index is 5.08. The van der Waals surface area contributed by atoms with E-state index in [0.717, 1.165) is 17.0 Å². The molecule has 0 bridgehead atoms. The first-order chi connectivity index (χ1) is 23.1. The van der Waals surface area contributed by atoms with Crippen molar-refractivity contribution in [1.82, 2.24) is 0 Å². The lowest BCUT2D eigenvalue weighted by atomic mass is 9.83. The number of benzene rings is 8. The van der Waals surface area contributed by atoms with Crippen LogP contribution >= 0.6 is 0 Å². The first kappa shape index (κ1) is 28.7. The number of aryl methyl sites for hydroxylation is 2. The molecule has 0 saturated heterocycles. The number of nitrogens with zero attached hydrogens (tertiary/aromatic N) is 1. The molecule has 0 spiro atoms. The van der Waals surface area contributed by atoms with Gasteiger partial charge in [0.2, 0.25) is 0 Å². The quantitative estimate of drug-likeness (QED) is 0.137. The Labute approximate surface area is 276 Å². The molecule has 0 atom stereocenters. The molecule has 0 aliphatic rings. The predicted octanol–water partition coefficient (Wildman–Crippen LogP) is 12.9. The lowest BCUT2D eigenvalue weighted by Crippen LogP contribution is -1.99. The zero-order valence-corrected chi connectivity index (χ0v) is 27.0. The van der Waals surface area contributed by atoms with E-state index >= 15 is 0 Å². The summed E-state index contributed by atoms with van der Waals surface area (Å²) in [5.41, 5.74) is 13.0. The number of hydrogen-bond donors (Lipinski definition) is 0. The Morgan fingerprint density at radius 3 is 1.70 bits per heavy atom. The second-order valence-corrected chi connectivity index (χ2v) is 12.4. The van der Waals surface area contributed by atoms with Crippen molar-refractivity contribution in [2.24, 2.45) is 4.99 Å². The Hall–Kier alpha value is -5.79. The van der Waals surface area contributed by atoms with Crippen LogP contribution in [0.15, 0.2) is 163 Å². The fourth-order valence-electron chi connectivity index (χ4n) is 7.20. The molecule has 224 valence electrons. The Balaban J connectivity index is 1.37. The third-order valence-corrected chi connectivity index (χ3v) is 9.53. The van der Waals surface area contributed by atoms with Crippen LogP contribution < -0.4 is 0 Å². The summed E-state index contributed by atoms with van der Waals surface area (Å²) in [5.74, 6) is 0. The summed E-state index contributed by atoms with van der Waals surface area (Å²) in [4.78, 5) is 5.08. The monoisotopic (exact) mass is 601 g/mol. The number of rotatable bonds is 5. The topological polar surface area (TPSA) is 12.4 Å². The Morgan fingerprint density at radius 1 is 0.426 bits per heavy atom. The van der Waals surface area contributed by atoms with E-state index in [1.807, 2.05) is 0 Å². The van der Waals surface area contributed by atoms with E-state index in [1.165, 1.54) is 76.8 Å². The third kappa shape index (κ3) is 5.01. The van der Waals surface area contributed by atoms with Gasteiger partial charge in [-0.25, -0.2) is 0 Å². The Bertz CT molecular complexity index is 2440. The molecule has 0 N–H and O–H groups in total. The molecule has 0 aromatic heterocycles. The summed E-state index contributed by atoms with van der Waals surface area (Å²) in [7, 11) is 0. The molecule has 1 nitrogen and oxygen atoms in total. The van der Waals surface area contributed by atoms with Crippen molar-refractivity contribution in [3.05, 3.63) is 174 Å². The average Bonchev–Trinajstić information content (AvgIpc) is 3.12. The summed E-state index contributed by atoms with van der Waals surface area (Å²) in [6, 6.07) is 57.2. The highest BCUT2D eigenvalue weighted by molar-refractivity contribution is 6.23. The van der Waals surface area contributed by atoms with E-state index in [9.17, 15) is 0 Å². The first-order valence-corrected chi connectivity index (χ1v) is 16.3. The summed E-state index contributed by atoms with van der Waals surface area (Å²) in [6.45, 7) is 6.45. The van der Waals surface area contributed by atoms with Crippen LogP contribution in [0.1, 0.15) is 23.6 Å². The highest BCUT2D eigenvalue weighted by Gasteiger charge is 2.19. The lowest BCUT2D eigenvalue weighted by molar-refractivity contribution is 1.38. The molecule has 8 aromatic rings. The summed E-state index contributed by atoms with van der Waals surface area (Å²) in [5, 5.41) is 7.58. The van der Waals surface area contributed by atoms with Gasteiger partial charge in [-0.2, -0.15) is 0 Å². The highest BCUT2D eigenvalue weighted by atomic mass is 14.7. The van der Waals surface area contributed by atoms with E-state index in [4.69, 9.17) is 4.99 Å². The van der Waals surface area contributed by atoms with Crippen LogP contribution in [0.25, 0.3) is 65.7 Å². The predicted molar refractivity (Wildman–Crippen MR) is 203 cm³/mol. The fourth-order valence-corrected chi connectivity index (χ4v) is 7.20. The molecule has 0 aliphatic heterocycles. The molecule has 0 aliphatic carbocycles. The van der Waals surface area contributed by atoms with Gasteiger partial charge in [0, 0.05) is 11.3 Å². The standard InChI is InChI=1S/C46H35N/c1-30-27-28-34(29-43(30)37-20-8-7-18-35(37)32(3)47-44-26-13-4-15-31(44)2)45-39-21-9-11-23-41(39)46(42-24-12-10-22-40(42)45)38-25-14-17-33-16-5-6-19-36(33)38/h4-29H,1-3H3. The smallest absolute Gasteiger partial charge is 0.0662 e. The molecular formula is C46H35N. The minimum atomic E-state index is 1.01. The van der Waals surface area contributed by atoms with Crippen molar-refractivity contribution in [3.63, 3.8) is 0 Å². The summed E-state index contributed by atoms with van der Waals surface area (Å²) in [6.07, 6.45) is 0. The van der Waals surface area contributed by atoms with Crippen LogP contribution in [0, 0.1) is 13.8 Å². The van der Waals surface area contributed by atoms with Crippen LogP contribution in [0.4, 0.5) is 5.69 Å². The largest absolute Gasteiger partial charge is 0.253 e. The van der Waals surface area contributed by atoms with Crippen molar-refractivity contribution in [2.45, 2.75) is 20.8 Å². The minimum Gasteiger partial charge on any atom is -0.253 e. The molecular weight excluding hydrogens is 567 g/mol. The van der Waals surface area contributed by atoms with Gasteiger partial charge in [-0.3, -0.25) is 4.99 Å². The first-order valence-electron chi connectivity index (χ1n) is 16.3. The van der Waals surface area contributed by atoms with Crippen molar-refractivity contribution in [2.75, 3.05) is 0 Å². The van der Waals surface area contributed by atoms with Gasteiger partial charge in [0.1, 0.15) is 0 Å². The van der Waals surface area contributed by atoms with E-state index in [2.05, 4.69) is 178 Å². The van der Waals surface area contributed by atoms with Gasteiger partial charge in [0.15, 0.2) is 0 Å². The number of hydrogen-bond acceptors (Lipinski definition) is 1. The van der Waals surface area contributed by atoms with Crippen LogP contribution in [-0.4, -0.2) is 5.71 Å². The van der Waals surface area contributed by atoms with Gasteiger partial charge in [-0.1, -0.05) is 146 Å². The third-order valence-electron chi connectivity index (χ3n) is 9.53. The van der Waals surface area contributed by atoms with Crippen LogP contribution in [0.2, 0.25) is 0 Å². The second-order valence-electron chi connectivity index (χ2n) is 12.4. The summed E-state index contributed by atoms with van der Waals surface area (Å²) >= 11 is 0. The molecule has 0 amide bonds. The molecule has 8 aromatic carbocycles. The molecule has 0 heterocycles. The maximum Gasteiger partial charge on any atom is 0.0662 e. The van der Waals surface area contributed by atoms with Gasteiger partial charge in [0.25, 0.3) is 0 Å². The summed E-state index contributed by atoms with van der Waals surface area (Å²) < 4.78 is 0. The van der Waals surface area contributed by atoms with Crippen LogP contribution in [0.3, 0.4) is 0 Å². The van der Waals surface area contributed by atoms with Gasteiger partial charge in [-0.15, -0.1) is 0 Å². The van der Waals surface area contributed by atoms with E-state index in [1.54, 1.807) is 0 Å². The highest BCUT2D eigenvalue weighted by Crippen LogP contribution is 2.46. The van der Waals surface area contributed by atoms with Crippen molar-refractivity contribution in [1.29, 1.82) is 0 Å². The van der Waals surface area contributed by atoms with Crippen molar-refractivity contribution >= 4 is 43.7 Å². The second kappa shape index (κ2) is 11.9. The van der Waals surface area contributed by atoms with Gasteiger partial charge in [-0.05, 0) is 110 Å². The molecule has 0 radical (unpaired) electrons. The van der Waals surface area contributed by atoms with Gasteiger partial charge in [0.05, 0.1) is 5.69 Å². The fraction of sp³-hybridized carbons (Fsp3) is 0.0652. The zero-order chi connectivity index (χ0) is 31.9. The zero-order valence-electron chi connectivity index (χ0n) is 27.0. The lowest BCUT2D eigenvalue weighted by Gasteiger charge is -2.20. The average molecular weight is 602 g/mol. The van der Waals surface area contributed by atoms with Crippen molar-refractivity contribution in [3.8, 4) is 33.4 Å². The van der Waals surface area contributed by atoms with Crippen LogP contribution in [0.5, 0.6) is 0 Å². The van der Waals surface area contributed by atoms with Gasteiger partial charge < -0.3 is 0 Å². The Morgan fingerprint density at radius 2 is 0.979 bits per heavy atom. The molecule has 0 unspecified atom stereocenters.